The van der Waals surface area contributed by atoms with Gasteiger partial charge in [-0.25, -0.2) is 0 Å². The number of carbonyl (C=O) groups excluding carboxylic acids is 1. The fraction of sp³-hybridized carbons (Fsp3) is 0.350. The van der Waals surface area contributed by atoms with Crippen LogP contribution in [0.25, 0.3) is 5.65 Å². The predicted molar refractivity (Wildman–Crippen MR) is 108 cm³/mol. The second kappa shape index (κ2) is 8.52. The Bertz CT molecular complexity index is 975. The van der Waals surface area contributed by atoms with Crippen LogP contribution in [0.3, 0.4) is 0 Å². The van der Waals surface area contributed by atoms with E-state index in [1.54, 1.807) is 11.8 Å². The first kappa shape index (κ1) is 18.6. The molecule has 28 heavy (non-hydrogen) atoms. The maximum absolute atomic E-state index is 12.7. The van der Waals surface area contributed by atoms with E-state index in [4.69, 9.17) is 9.47 Å². The summed E-state index contributed by atoms with van der Waals surface area (Å²) in [5.74, 6) is 3.02. The molecule has 0 fully saturated rings. The lowest BCUT2D eigenvalue weighted by atomic mass is 10.1. The number of nitrogens with zero attached hydrogens (tertiary/aromatic N) is 3. The third kappa shape index (κ3) is 4.06. The predicted octanol–water partition coefficient (Wildman–Crippen LogP) is 2.65. The van der Waals surface area contributed by atoms with E-state index in [9.17, 15) is 4.79 Å². The van der Waals surface area contributed by atoms with Crippen LogP contribution in [-0.4, -0.2) is 45.7 Å². The minimum atomic E-state index is -0.199. The second-order valence-electron chi connectivity index (χ2n) is 6.54. The Balaban J connectivity index is 1.49. The Labute approximate surface area is 167 Å². The van der Waals surface area contributed by atoms with Crippen LogP contribution in [0, 0.1) is 0 Å². The van der Waals surface area contributed by atoms with Gasteiger partial charge >= 0.3 is 0 Å². The molecule has 146 valence electrons. The second-order valence-corrected chi connectivity index (χ2v) is 7.53. The Morgan fingerprint density at radius 3 is 2.93 bits per heavy atom. The summed E-state index contributed by atoms with van der Waals surface area (Å²) >= 11 is 1.74. The van der Waals surface area contributed by atoms with Crippen molar-refractivity contribution in [2.24, 2.45) is 0 Å². The number of amides is 1. The maximum Gasteiger partial charge on any atom is 0.225 e. The zero-order valence-corrected chi connectivity index (χ0v) is 16.4. The molecule has 1 amide bonds. The zero-order chi connectivity index (χ0) is 19.3. The van der Waals surface area contributed by atoms with E-state index < -0.39 is 0 Å². The van der Waals surface area contributed by atoms with Crippen LogP contribution in [0.4, 0.5) is 0 Å². The van der Waals surface area contributed by atoms with Crippen LogP contribution in [-0.2, 0) is 11.2 Å². The van der Waals surface area contributed by atoms with Gasteiger partial charge in [0, 0.05) is 6.20 Å². The molecule has 3 aromatic rings. The first-order valence-electron chi connectivity index (χ1n) is 9.21. The van der Waals surface area contributed by atoms with Crippen molar-refractivity contribution in [3.8, 4) is 11.5 Å². The molecule has 1 aliphatic heterocycles. The van der Waals surface area contributed by atoms with Crippen molar-refractivity contribution in [2.75, 3.05) is 25.2 Å². The molecule has 1 aliphatic rings. The molecule has 0 saturated carbocycles. The zero-order valence-electron chi connectivity index (χ0n) is 15.6. The van der Waals surface area contributed by atoms with E-state index in [1.165, 1.54) is 0 Å². The number of nitrogens with one attached hydrogen (secondary N) is 1. The quantitative estimate of drug-likeness (QED) is 0.659. The molecule has 7 nitrogen and oxygen atoms in total. The Morgan fingerprint density at radius 1 is 1.21 bits per heavy atom. The highest BCUT2D eigenvalue weighted by Gasteiger charge is 2.21. The van der Waals surface area contributed by atoms with E-state index in [2.05, 4.69) is 21.8 Å². The smallest absolute Gasteiger partial charge is 0.225 e. The van der Waals surface area contributed by atoms with Crippen LogP contribution in [0.15, 0.2) is 42.6 Å². The summed E-state index contributed by atoms with van der Waals surface area (Å²) in [6, 6.07) is 11.2. The minimum absolute atomic E-state index is 0.0598. The summed E-state index contributed by atoms with van der Waals surface area (Å²) in [5.41, 5.74) is 1.66. The van der Waals surface area contributed by atoms with Gasteiger partial charge in [0.1, 0.15) is 13.2 Å². The third-order valence-electron chi connectivity index (χ3n) is 4.57. The highest BCUT2D eigenvalue weighted by atomic mass is 32.2. The molecule has 4 rings (SSSR count). The molecule has 2 aromatic heterocycles. The molecule has 1 N–H and O–H groups in total. The number of benzene rings is 1. The van der Waals surface area contributed by atoms with Crippen molar-refractivity contribution in [2.45, 2.75) is 18.9 Å². The van der Waals surface area contributed by atoms with Gasteiger partial charge in [0.05, 0.1) is 12.5 Å². The molecule has 0 saturated heterocycles. The Kier molecular flexibility index (Phi) is 5.66. The van der Waals surface area contributed by atoms with Gasteiger partial charge in [0.2, 0.25) is 5.91 Å². The van der Waals surface area contributed by atoms with Crippen LogP contribution in [0.2, 0.25) is 0 Å². The fourth-order valence-corrected chi connectivity index (χ4v) is 3.70. The summed E-state index contributed by atoms with van der Waals surface area (Å²) in [4.78, 5) is 12.7. The summed E-state index contributed by atoms with van der Waals surface area (Å²) < 4.78 is 13.1. The van der Waals surface area contributed by atoms with Gasteiger partial charge in [-0.3, -0.25) is 9.20 Å². The molecule has 0 spiro atoms. The molecule has 1 aromatic carbocycles. The fourth-order valence-electron chi connectivity index (χ4n) is 3.23. The lowest BCUT2D eigenvalue weighted by Gasteiger charge is -2.19. The molecule has 8 heteroatoms. The SMILES string of the molecule is CSCC[C@@H](NC(=O)Cc1ccc2c(c1)OCCO2)c1nnc2ccccn12. The highest BCUT2D eigenvalue weighted by Crippen LogP contribution is 2.31. The Hall–Kier alpha value is -2.74. The van der Waals surface area contributed by atoms with Gasteiger partial charge in [-0.05, 0) is 48.3 Å². The van der Waals surface area contributed by atoms with E-state index in [-0.39, 0.29) is 18.4 Å². The van der Waals surface area contributed by atoms with Crippen LogP contribution >= 0.6 is 11.8 Å². The molecule has 0 aliphatic carbocycles. The summed E-state index contributed by atoms with van der Waals surface area (Å²) in [6.07, 6.45) is 5.02. The molecular weight excluding hydrogens is 376 g/mol. The molecule has 1 atom stereocenters. The monoisotopic (exact) mass is 398 g/mol. The van der Waals surface area contributed by atoms with Gasteiger partial charge in [-0.15, -0.1) is 10.2 Å². The van der Waals surface area contributed by atoms with E-state index in [0.717, 1.165) is 35.0 Å². The topological polar surface area (TPSA) is 77.8 Å². The van der Waals surface area contributed by atoms with E-state index in [0.29, 0.717) is 19.0 Å². The average molecular weight is 398 g/mol. The molecule has 0 bridgehead atoms. The number of fused-ring (bicyclic) bond motifs is 2. The first-order valence-corrected chi connectivity index (χ1v) is 10.6. The van der Waals surface area contributed by atoms with Crippen LogP contribution in [0.5, 0.6) is 11.5 Å². The molecule has 0 unspecified atom stereocenters. The van der Waals surface area contributed by atoms with Gasteiger partial charge in [-0.1, -0.05) is 12.1 Å². The summed E-state index contributed by atoms with van der Waals surface area (Å²) in [6.45, 7) is 1.08. The number of rotatable bonds is 7. The maximum atomic E-state index is 12.7. The lowest BCUT2D eigenvalue weighted by Crippen LogP contribution is -2.31. The van der Waals surface area contributed by atoms with E-state index >= 15 is 0 Å². The standard InChI is InChI=1S/C20H22N4O3S/c1-28-11-7-15(20-23-22-18-4-2-3-8-24(18)20)21-19(25)13-14-5-6-16-17(12-14)27-10-9-26-16/h2-6,8,12,15H,7,9-11,13H2,1H3,(H,21,25)/t15-/m1/s1. The number of ether oxygens (including phenoxy) is 2. The van der Waals surface area contributed by atoms with Crippen molar-refractivity contribution in [1.29, 1.82) is 0 Å². The average Bonchev–Trinajstić information content (AvgIpc) is 3.15. The van der Waals surface area contributed by atoms with E-state index in [1.807, 2.05) is 47.0 Å². The van der Waals surface area contributed by atoms with Crippen molar-refractivity contribution < 1.29 is 14.3 Å². The largest absolute Gasteiger partial charge is 0.486 e. The highest BCUT2D eigenvalue weighted by molar-refractivity contribution is 7.98. The van der Waals surface area contributed by atoms with Gasteiger partial charge in [0.15, 0.2) is 23.0 Å². The summed E-state index contributed by atoms with van der Waals surface area (Å²) in [5, 5.41) is 11.7. The minimum Gasteiger partial charge on any atom is -0.486 e. The number of carbonyl (C=O) groups is 1. The van der Waals surface area contributed by atoms with Crippen LogP contribution in [0.1, 0.15) is 23.9 Å². The van der Waals surface area contributed by atoms with Crippen molar-refractivity contribution in [3.05, 3.63) is 54.0 Å². The van der Waals surface area contributed by atoms with Crippen LogP contribution < -0.4 is 14.8 Å². The number of hydrogen-bond donors (Lipinski definition) is 1. The Morgan fingerprint density at radius 2 is 2.07 bits per heavy atom. The van der Waals surface area contributed by atoms with Crippen molar-refractivity contribution >= 4 is 23.3 Å². The molecule has 0 radical (unpaired) electrons. The lowest BCUT2D eigenvalue weighted by molar-refractivity contribution is -0.121. The number of thioether (sulfide) groups is 1. The summed E-state index contributed by atoms with van der Waals surface area (Å²) in [7, 11) is 0. The van der Waals surface area contributed by atoms with Crippen molar-refractivity contribution in [1.82, 2.24) is 19.9 Å². The third-order valence-corrected chi connectivity index (χ3v) is 5.21. The van der Waals surface area contributed by atoms with Crippen molar-refractivity contribution in [3.63, 3.8) is 0 Å². The normalized spacial score (nSPS) is 14.0. The first-order chi connectivity index (χ1) is 13.7. The van der Waals surface area contributed by atoms with Gasteiger partial charge < -0.3 is 14.8 Å². The number of aromatic nitrogens is 3. The molecular formula is C20H22N4O3S. The molecule has 3 heterocycles. The number of hydrogen-bond acceptors (Lipinski definition) is 6. The number of pyridine rings is 1. The van der Waals surface area contributed by atoms with Gasteiger partial charge in [-0.2, -0.15) is 11.8 Å². The van der Waals surface area contributed by atoms with Gasteiger partial charge in [0.25, 0.3) is 0 Å².